The van der Waals surface area contributed by atoms with Crippen LogP contribution in [-0.4, -0.2) is 48.3 Å². The Kier molecular flexibility index (Phi) is 5.09. The number of esters is 1. The molecule has 0 radical (unpaired) electrons. The van der Waals surface area contributed by atoms with Crippen LogP contribution >= 0.6 is 11.3 Å². The second-order valence-electron chi connectivity index (χ2n) is 7.10. The number of ether oxygens (including phenoxy) is 1. The molecule has 1 saturated carbocycles. The van der Waals surface area contributed by atoms with Gasteiger partial charge in [0.2, 0.25) is 0 Å². The Bertz CT molecular complexity index is 557. The SMILES string of the molecule is COC(=O)c1csc([C@H](C)[C@H]2CC[C@H](N3CC(O)C3)CC2)c1C. The first-order chi connectivity index (χ1) is 11.0. The van der Waals surface area contributed by atoms with Gasteiger partial charge in [0.1, 0.15) is 0 Å². The Morgan fingerprint density at radius 1 is 1.35 bits per heavy atom. The highest BCUT2D eigenvalue weighted by molar-refractivity contribution is 7.10. The summed E-state index contributed by atoms with van der Waals surface area (Å²) < 4.78 is 4.87. The van der Waals surface area contributed by atoms with E-state index >= 15 is 0 Å². The standard InChI is InChI=1S/C18H27NO3S/c1-11(17-12(2)16(10-23-17)18(21)22-3)13-4-6-14(7-5-13)19-8-15(20)9-19/h10-11,13-15,20H,4-9H2,1-3H3/t11-,13-,14-/m1/s1. The van der Waals surface area contributed by atoms with Gasteiger partial charge in [-0.25, -0.2) is 4.79 Å². The van der Waals surface area contributed by atoms with Crippen molar-refractivity contribution in [2.24, 2.45) is 5.92 Å². The molecule has 1 aliphatic heterocycles. The number of thiophene rings is 1. The number of aliphatic hydroxyl groups excluding tert-OH is 1. The van der Waals surface area contributed by atoms with E-state index in [-0.39, 0.29) is 12.1 Å². The molecule has 2 fully saturated rings. The fraction of sp³-hybridized carbons (Fsp3) is 0.722. The predicted octanol–water partition coefficient (Wildman–Crippen LogP) is 3.18. The Morgan fingerprint density at radius 2 is 2.00 bits per heavy atom. The minimum absolute atomic E-state index is 0.0999. The zero-order valence-electron chi connectivity index (χ0n) is 14.2. The van der Waals surface area contributed by atoms with E-state index in [1.807, 2.05) is 12.3 Å². The highest BCUT2D eigenvalue weighted by Crippen LogP contribution is 2.41. The molecule has 0 spiro atoms. The first-order valence-corrected chi connectivity index (χ1v) is 9.47. The maximum Gasteiger partial charge on any atom is 0.338 e. The summed E-state index contributed by atoms with van der Waals surface area (Å²) in [6.07, 6.45) is 4.84. The third kappa shape index (κ3) is 3.32. The summed E-state index contributed by atoms with van der Waals surface area (Å²) in [5, 5.41) is 11.4. The highest BCUT2D eigenvalue weighted by atomic mass is 32.1. The molecule has 2 heterocycles. The van der Waals surface area contributed by atoms with Crippen molar-refractivity contribution in [2.75, 3.05) is 20.2 Å². The van der Waals surface area contributed by atoms with Crippen LogP contribution in [0.15, 0.2) is 5.38 Å². The van der Waals surface area contributed by atoms with Crippen LogP contribution in [0.25, 0.3) is 0 Å². The van der Waals surface area contributed by atoms with Gasteiger partial charge < -0.3 is 9.84 Å². The van der Waals surface area contributed by atoms with Crippen LogP contribution in [0.2, 0.25) is 0 Å². The van der Waals surface area contributed by atoms with Crippen molar-refractivity contribution >= 4 is 17.3 Å². The Labute approximate surface area is 142 Å². The van der Waals surface area contributed by atoms with Crippen molar-refractivity contribution in [3.63, 3.8) is 0 Å². The van der Waals surface area contributed by atoms with Crippen molar-refractivity contribution < 1.29 is 14.6 Å². The topological polar surface area (TPSA) is 49.8 Å². The zero-order chi connectivity index (χ0) is 16.6. The van der Waals surface area contributed by atoms with Gasteiger partial charge in [0, 0.05) is 29.4 Å². The van der Waals surface area contributed by atoms with Gasteiger partial charge in [0.25, 0.3) is 0 Å². The number of carbonyl (C=O) groups is 1. The lowest BCUT2D eigenvalue weighted by Gasteiger charge is -2.45. The van der Waals surface area contributed by atoms with Crippen LogP contribution in [0.4, 0.5) is 0 Å². The molecule has 5 heteroatoms. The molecule has 4 nitrogen and oxygen atoms in total. The average molecular weight is 337 g/mol. The summed E-state index contributed by atoms with van der Waals surface area (Å²) in [5.74, 6) is 0.971. The van der Waals surface area contributed by atoms with Crippen molar-refractivity contribution in [1.29, 1.82) is 0 Å². The van der Waals surface area contributed by atoms with E-state index < -0.39 is 0 Å². The van der Waals surface area contributed by atoms with Crippen LogP contribution < -0.4 is 0 Å². The van der Waals surface area contributed by atoms with Crippen LogP contribution in [0.5, 0.6) is 0 Å². The molecule has 3 rings (SSSR count). The summed E-state index contributed by atoms with van der Waals surface area (Å²) in [7, 11) is 1.44. The highest BCUT2D eigenvalue weighted by Gasteiger charge is 2.35. The summed E-state index contributed by atoms with van der Waals surface area (Å²) in [6.45, 7) is 6.06. The van der Waals surface area contributed by atoms with Gasteiger partial charge in [0.05, 0.1) is 18.8 Å². The van der Waals surface area contributed by atoms with E-state index in [1.165, 1.54) is 37.7 Å². The van der Waals surface area contributed by atoms with Gasteiger partial charge in [-0.1, -0.05) is 6.92 Å². The molecular weight excluding hydrogens is 310 g/mol. The van der Waals surface area contributed by atoms with E-state index in [4.69, 9.17) is 4.74 Å². The fourth-order valence-electron chi connectivity index (χ4n) is 4.16. The lowest BCUT2D eigenvalue weighted by Crippen LogP contribution is -2.56. The van der Waals surface area contributed by atoms with E-state index in [0.717, 1.165) is 24.2 Å². The van der Waals surface area contributed by atoms with E-state index in [1.54, 1.807) is 11.3 Å². The number of methoxy groups -OCH3 is 1. The molecule has 1 N–H and O–H groups in total. The molecule has 0 bridgehead atoms. The van der Waals surface area contributed by atoms with Crippen molar-refractivity contribution in [3.05, 3.63) is 21.4 Å². The molecule has 0 aromatic carbocycles. The minimum Gasteiger partial charge on any atom is -0.465 e. The molecule has 1 saturated heterocycles. The molecule has 1 aliphatic carbocycles. The number of hydrogen-bond acceptors (Lipinski definition) is 5. The average Bonchev–Trinajstić information content (AvgIpc) is 2.92. The van der Waals surface area contributed by atoms with Gasteiger partial charge in [-0.05, 0) is 50.0 Å². The Hall–Kier alpha value is -0.910. The lowest BCUT2D eigenvalue weighted by molar-refractivity contribution is -0.0372. The largest absolute Gasteiger partial charge is 0.465 e. The van der Waals surface area contributed by atoms with Gasteiger partial charge >= 0.3 is 5.97 Å². The number of β-amino-alcohol motifs (C(OH)–C–C–N with tert-alkyl or cyclic N) is 1. The molecule has 2 aliphatic rings. The van der Waals surface area contributed by atoms with Crippen molar-refractivity contribution in [2.45, 2.75) is 57.6 Å². The van der Waals surface area contributed by atoms with Gasteiger partial charge in [-0.2, -0.15) is 0 Å². The van der Waals surface area contributed by atoms with Crippen molar-refractivity contribution in [1.82, 2.24) is 4.90 Å². The number of carbonyl (C=O) groups excluding carboxylic acids is 1. The number of hydrogen-bond donors (Lipinski definition) is 1. The normalized spacial score (nSPS) is 27.5. The van der Waals surface area contributed by atoms with E-state index in [0.29, 0.717) is 17.9 Å². The molecule has 0 amide bonds. The van der Waals surface area contributed by atoms with Gasteiger partial charge in [-0.3, -0.25) is 4.90 Å². The summed E-state index contributed by atoms with van der Waals surface area (Å²) in [4.78, 5) is 15.6. The number of nitrogens with zero attached hydrogens (tertiary/aromatic N) is 1. The molecule has 128 valence electrons. The quantitative estimate of drug-likeness (QED) is 0.857. The molecule has 23 heavy (non-hydrogen) atoms. The molecule has 0 unspecified atom stereocenters. The summed E-state index contributed by atoms with van der Waals surface area (Å²) in [6, 6.07) is 0.664. The third-order valence-electron chi connectivity index (χ3n) is 5.75. The first-order valence-electron chi connectivity index (χ1n) is 8.59. The van der Waals surface area contributed by atoms with Gasteiger partial charge in [-0.15, -0.1) is 11.3 Å². The Balaban J connectivity index is 1.60. The smallest absolute Gasteiger partial charge is 0.338 e. The Morgan fingerprint density at radius 3 is 2.57 bits per heavy atom. The number of aliphatic hydroxyl groups is 1. The zero-order valence-corrected chi connectivity index (χ0v) is 15.1. The van der Waals surface area contributed by atoms with Crippen LogP contribution in [0, 0.1) is 12.8 Å². The molecule has 1 aromatic rings. The molecule has 1 aromatic heterocycles. The lowest BCUT2D eigenvalue weighted by atomic mass is 9.77. The minimum atomic E-state index is -0.225. The number of likely N-dealkylation sites (tertiary alicyclic amines) is 1. The third-order valence-corrected chi connectivity index (χ3v) is 7.04. The molecular formula is C18H27NO3S. The van der Waals surface area contributed by atoms with Crippen LogP contribution in [0.3, 0.4) is 0 Å². The van der Waals surface area contributed by atoms with Crippen LogP contribution in [-0.2, 0) is 4.74 Å². The fourth-order valence-corrected chi connectivity index (χ4v) is 5.37. The maximum atomic E-state index is 11.8. The van der Waals surface area contributed by atoms with Gasteiger partial charge in [0.15, 0.2) is 0 Å². The maximum absolute atomic E-state index is 11.8. The van der Waals surface area contributed by atoms with E-state index in [9.17, 15) is 9.90 Å². The predicted molar refractivity (Wildman–Crippen MR) is 92.1 cm³/mol. The first kappa shape index (κ1) is 16.9. The summed E-state index contributed by atoms with van der Waals surface area (Å²) in [5.41, 5.74) is 1.82. The van der Waals surface area contributed by atoms with Crippen molar-refractivity contribution in [3.8, 4) is 0 Å². The number of rotatable bonds is 4. The second-order valence-corrected chi connectivity index (χ2v) is 8.01. The second kappa shape index (κ2) is 6.91. The summed E-state index contributed by atoms with van der Waals surface area (Å²) >= 11 is 1.70. The monoisotopic (exact) mass is 337 g/mol. The molecule has 1 atom stereocenters. The van der Waals surface area contributed by atoms with Crippen LogP contribution in [0.1, 0.15) is 59.3 Å². The van der Waals surface area contributed by atoms with E-state index in [2.05, 4.69) is 11.8 Å².